The summed E-state index contributed by atoms with van der Waals surface area (Å²) in [6.07, 6.45) is 2.28. The molecule has 0 aromatic heterocycles. The Hall–Kier alpha value is -2.10. The van der Waals surface area contributed by atoms with Crippen LogP contribution < -0.4 is 9.62 Å². The standard InChI is InChI=1S/C25H33BrClN3O4S/c1-5-18(2)28-25(32)19(3)29(17-20-11-13-21(26)14-12-20)24(31)10-7-15-30(35(4,33)34)23-9-6-8-22(27)16-23/h6,8-9,11-14,16,18-19H,5,7,10,15,17H2,1-4H3,(H,28,32). The van der Waals surface area contributed by atoms with Gasteiger partial charge in [0.1, 0.15) is 6.04 Å². The van der Waals surface area contributed by atoms with Crippen LogP contribution in [0.3, 0.4) is 0 Å². The molecule has 35 heavy (non-hydrogen) atoms. The SMILES string of the molecule is CCC(C)NC(=O)C(C)N(Cc1ccc(Br)cc1)C(=O)CCCN(c1cccc(Cl)c1)S(C)(=O)=O. The van der Waals surface area contributed by atoms with Crippen molar-refractivity contribution in [2.24, 2.45) is 0 Å². The number of sulfonamides is 1. The van der Waals surface area contributed by atoms with Crippen molar-refractivity contribution in [2.45, 2.75) is 58.7 Å². The van der Waals surface area contributed by atoms with Gasteiger partial charge in [0.25, 0.3) is 0 Å². The van der Waals surface area contributed by atoms with Gasteiger partial charge in [0.15, 0.2) is 0 Å². The van der Waals surface area contributed by atoms with Crippen LogP contribution in [0.2, 0.25) is 5.02 Å². The molecule has 2 atom stereocenters. The molecule has 2 amide bonds. The number of carbonyl (C=O) groups excluding carboxylic acids is 2. The van der Waals surface area contributed by atoms with E-state index in [1.807, 2.05) is 38.1 Å². The van der Waals surface area contributed by atoms with Crippen molar-refractivity contribution < 1.29 is 18.0 Å². The molecule has 0 bridgehead atoms. The summed E-state index contributed by atoms with van der Waals surface area (Å²) in [5.74, 6) is -0.444. The van der Waals surface area contributed by atoms with E-state index in [4.69, 9.17) is 11.6 Å². The van der Waals surface area contributed by atoms with Gasteiger partial charge in [-0.05, 0) is 62.6 Å². The molecule has 0 saturated heterocycles. The largest absolute Gasteiger partial charge is 0.352 e. The highest BCUT2D eigenvalue weighted by molar-refractivity contribution is 9.10. The van der Waals surface area contributed by atoms with Gasteiger partial charge in [0.2, 0.25) is 21.8 Å². The summed E-state index contributed by atoms with van der Waals surface area (Å²) in [5, 5.41) is 3.37. The summed E-state index contributed by atoms with van der Waals surface area (Å²) in [6.45, 7) is 5.99. The van der Waals surface area contributed by atoms with Gasteiger partial charge >= 0.3 is 0 Å². The first kappa shape index (κ1) is 29.1. The smallest absolute Gasteiger partial charge is 0.242 e. The van der Waals surface area contributed by atoms with Crippen LogP contribution in [0.1, 0.15) is 45.6 Å². The molecule has 0 fully saturated rings. The average Bonchev–Trinajstić information content (AvgIpc) is 2.79. The number of nitrogens with zero attached hydrogens (tertiary/aromatic N) is 2. The van der Waals surface area contributed by atoms with Crippen LogP contribution in [-0.2, 0) is 26.2 Å². The van der Waals surface area contributed by atoms with E-state index in [9.17, 15) is 18.0 Å². The highest BCUT2D eigenvalue weighted by Gasteiger charge is 2.27. The minimum absolute atomic E-state index is 0.00408. The predicted molar refractivity (Wildman–Crippen MR) is 145 cm³/mol. The number of hydrogen-bond acceptors (Lipinski definition) is 4. The molecule has 10 heteroatoms. The molecule has 7 nitrogen and oxygen atoms in total. The first-order valence-corrected chi connectivity index (χ1v) is 14.5. The van der Waals surface area contributed by atoms with E-state index in [0.717, 1.165) is 22.7 Å². The molecule has 192 valence electrons. The van der Waals surface area contributed by atoms with E-state index in [-0.39, 0.29) is 43.8 Å². The van der Waals surface area contributed by atoms with E-state index in [2.05, 4.69) is 21.2 Å². The third-order valence-electron chi connectivity index (χ3n) is 5.68. The summed E-state index contributed by atoms with van der Waals surface area (Å²) in [4.78, 5) is 27.7. The fraction of sp³-hybridized carbons (Fsp3) is 0.440. The Labute approximate surface area is 222 Å². The molecule has 0 aliphatic rings. The summed E-state index contributed by atoms with van der Waals surface area (Å²) in [5.41, 5.74) is 1.34. The van der Waals surface area contributed by atoms with Crippen molar-refractivity contribution in [3.05, 3.63) is 63.6 Å². The van der Waals surface area contributed by atoms with E-state index < -0.39 is 16.1 Å². The van der Waals surface area contributed by atoms with Crippen LogP contribution in [0, 0.1) is 0 Å². The molecular weight excluding hydrogens is 554 g/mol. The minimum Gasteiger partial charge on any atom is -0.352 e. The lowest BCUT2D eigenvalue weighted by Crippen LogP contribution is -2.49. The fourth-order valence-electron chi connectivity index (χ4n) is 3.47. The van der Waals surface area contributed by atoms with E-state index in [1.54, 1.807) is 36.1 Å². The molecule has 0 aliphatic carbocycles. The second kappa shape index (κ2) is 13.3. The lowest BCUT2D eigenvalue weighted by molar-refractivity contribution is -0.140. The van der Waals surface area contributed by atoms with Gasteiger partial charge in [-0.3, -0.25) is 13.9 Å². The van der Waals surface area contributed by atoms with Gasteiger partial charge in [-0.15, -0.1) is 0 Å². The maximum absolute atomic E-state index is 13.3. The Morgan fingerprint density at radius 1 is 1.11 bits per heavy atom. The van der Waals surface area contributed by atoms with E-state index >= 15 is 0 Å². The highest BCUT2D eigenvalue weighted by atomic mass is 79.9. The number of nitrogens with one attached hydrogen (secondary N) is 1. The van der Waals surface area contributed by atoms with Gasteiger partial charge in [0.05, 0.1) is 11.9 Å². The van der Waals surface area contributed by atoms with Crippen molar-refractivity contribution in [1.82, 2.24) is 10.2 Å². The van der Waals surface area contributed by atoms with Gasteiger partial charge in [-0.1, -0.05) is 52.7 Å². The number of rotatable bonds is 12. The zero-order chi connectivity index (χ0) is 26.2. The van der Waals surface area contributed by atoms with Gasteiger partial charge in [0, 0.05) is 35.0 Å². The Morgan fingerprint density at radius 2 is 1.77 bits per heavy atom. The first-order valence-electron chi connectivity index (χ1n) is 11.5. The molecule has 2 rings (SSSR count). The fourth-order valence-corrected chi connectivity index (χ4v) is 4.88. The van der Waals surface area contributed by atoms with Gasteiger partial charge < -0.3 is 10.2 Å². The molecular formula is C25H33BrClN3O4S. The van der Waals surface area contributed by atoms with Crippen LogP contribution >= 0.6 is 27.5 Å². The van der Waals surface area contributed by atoms with E-state index in [1.165, 1.54) is 4.31 Å². The Bertz CT molecular complexity index is 1110. The average molecular weight is 587 g/mol. The van der Waals surface area contributed by atoms with Crippen LogP contribution in [0.5, 0.6) is 0 Å². The first-order chi connectivity index (χ1) is 16.4. The summed E-state index contributed by atoms with van der Waals surface area (Å²) >= 11 is 9.45. The topological polar surface area (TPSA) is 86.8 Å². The Balaban J connectivity index is 2.16. The summed E-state index contributed by atoms with van der Waals surface area (Å²) < 4.78 is 26.9. The van der Waals surface area contributed by atoms with Crippen LogP contribution in [0.15, 0.2) is 53.0 Å². The lowest BCUT2D eigenvalue weighted by atomic mass is 10.1. The predicted octanol–water partition coefficient (Wildman–Crippen LogP) is 4.98. The number of hydrogen-bond donors (Lipinski definition) is 1. The third kappa shape index (κ3) is 9.13. The molecule has 2 aromatic carbocycles. The second-order valence-corrected chi connectivity index (χ2v) is 11.8. The van der Waals surface area contributed by atoms with Crippen LogP contribution in [0.4, 0.5) is 5.69 Å². The van der Waals surface area contributed by atoms with Crippen molar-refractivity contribution in [3.63, 3.8) is 0 Å². The summed E-state index contributed by atoms with van der Waals surface area (Å²) in [6, 6.07) is 13.5. The van der Waals surface area contributed by atoms with Gasteiger partial charge in [-0.2, -0.15) is 0 Å². The van der Waals surface area contributed by atoms with Crippen LogP contribution in [-0.4, -0.2) is 50.0 Å². The normalized spacial score (nSPS) is 13.1. The molecule has 0 radical (unpaired) electrons. The monoisotopic (exact) mass is 585 g/mol. The third-order valence-corrected chi connectivity index (χ3v) is 7.64. The number of carbonyl (C=O) groups is 2. The van der Waals surface area contributed by atoms with Gasteiger partial charge in [-0.25, -0.2) is 8.42 Å². The van der Waals surface area contributed by atoms with Crippen molar-refractivity contribution in [1.29, 1.82) is 0 Å². The van der Waals surface area contributed by atoms with Crippen LogP contribution in [0.25, 0.3) is 0 Å². The second-order valence-electron chi connectivity index (χ2n) is 8.56. The summed E-state index contributed by atoms with van der Waals surface area (Å²) in [7, 11) is -3.57. The van der Waals surface area contributed by atoms with Crippen molar-refractivity contribution >= 4 is 55.1 Å². The maximum Gasteiger partial charge on any atom is 0.242 e. The number of amides is 2. The molecule has 0 spiro atoms. The number of halogens is 2. The van der Waals surface area contributed by atoms with Crippen molar-refractivity contribution in [3.8, 4) is 0 Å². The Morgan fingerprint density at radius 3 is 2.34 bits per heavy atom. The molecule has 0 aliphatic heterocycles. The van der Waals surface area contributed by atoms with Crippen molar-refractivity contribution in [2.75, 3.05) is 17.1 Å². The zero-order valence-electron chi connectivity index (χ0n) is 20.5. The molecule has 2 unspecified atom stereocenters. The highest BCUT2D eigenvalue weighted by Crippen LogP contribution is 2.23. The quantitative estimate of drug-likeness (QED) is 0.380. The Kier molecular flexibility index (Phi) is 11.0. The molecule has 2 aromatic rings. The maximum atomic E-state index is 13.3. The molecule has 0 saturated carbocycles. The number of benzene rings is 2. The molecule has 1 N–H and O–H groups in total. The zero-order valence-corrected chi connectivity index (χ0v) is 23.7. The lowest BCUT2D eigenvalue weighted by Gasteiger charge is -2.30. The molecule has 0 heterocycles. The minimum atomic E-state index is -3.57. The number of anilines is 1. The van der Waals surface area contributed by atoms with E-state index in [0.29, 0.717) is 10.7 Å².